The largest absolute Gasteiger partial charge is 0.333 e. The van der Waals surface area contributed by atoms with E-state index in [4.69, 9.17) is 0 Å². The van der Waals surface area contributed by atoms with Gasteiger partial charge < -0.3 is 4.90 Å². The zero-order chi connectivity index (χ0) is 22.4. The number of hydrogen-bond acceptors (Lipinski definition) is 3. The third-order valence-corrected chi connectivity index (χ3v) is 4.91. The summed E-state index contributed by atoms with van der Waals surface area (Å²) in [5, 5.41) is 2.92. The summed E-state index contributed by atoms with van der Waals surface area (Å²) in [7, 11) is 0. The molecule has 1 heterocycles. The van der Waals surface area contributed by atoms with Gasteiger partial charge in [0.05, 0.1) is 12.2 Å². The van der Waals surface area contributed by atoms with Gasteiger partial charge in [-0.05, 0) is 25.0 Å². The second kappa shape index (κ2) is 10.1. The predicted octanol–water partition coefficient (Wildman–Crippen LogP) is 4.68. The van der Waals surface area contributed by atoms with Crippen LogP contribution in [-0.4, -0.2) is 39.4 Å². The van der Waals surface area contributed by atoms with Crippen molar-refractivity contribution in [3.63, 3.8) is 0 Å². The molecular formula is C25H30N4O2. The molecule has 31 heavy (non-hydrogen) atoms. The summed E-state index contributed by atoms with van der Waals surface area (Å²) in [6.45, 7) is 8.45. The van der Waals surface area contributed by atoms with Crippen LogP contribution in [0, 0.1) is 12.8 Å². The van der Waals surface area contributed by atoms with Crippen LogP contribution in [0.5, 0.6) is 0 Å². The molecule has 0 aliphatic carbocycles. The summed E-state index contributed by atoms with van der Waals surface area (Å²) in [6, 6.07) is 17.9. The fourth-order valence-corrected chi connectivity index (χ4v) is 3.38. The van der Waals surface area contributed by atoms with E-state index in [1.807, 2.05) is 93.1 Å². The summed E-state index contributed by atoms with van der Waals surface area (Å²) >= 11 is 0. The van der Waals surface area contributed by atoms with Gasteiger partial charge in [0.25, 0.3) is 0 Å². The molecule has 6 heteroatoms. The molecule has 162 valence electrons. The van der Waals surface area contributed by atoms with Gasteiger partial charge in [0.1, 0.15) is 0 Å². The zero-order valence-corrected chi connectivity index (χ0v) is 18.6. The Morgan fingerprint density at radius 2 is 1.74 bits per heavy atom. The van der Waals surface area contributed by atoms with E-state index in [9.17, 15) is 9.59 Å². The van der Waals surface area contributed by atoms with Gasteiger partial charge in [-0.15, -0.1) is 0 Å². The van der Waals surface area contributed by atoms with Gasteiger partial charge in [-0.25, -0.2) is 4.98 Å². The van der Waals surface area contributed by atoms with Gasteiger partial charge in [0, 0.05) is 30.4 Å². The molecule has 0 atom stereocenters. The van der Waals surface area contributed by atoms with E-state index in [2.05, 4.69) is 10.3 Å². The number of aromatic nitrogens is 2. The average Bonchev–Trinajstić information content (AvgIpc) is 3.17. The lowest BCUT2D eigenvalue weighted by atomic mass is 10.2. The van der Waals surface area contributed by atoms with Crippen molar-refractivity contribution >= 4 is 17.8 Å². The first kappa shape index (κ1) is 22.3. The minimum absolute atomic E-state index is 0.00623. The Bertz CT molecular complexity index is 1020. The summed E-state index contributed by atoms with van der Waals surface area (Å²) < 4.78 is 1.87. The van der Waals surface area contributed by atoms with E-state index < -0.39 is 0 Å². The molecule has 2 amide bonds. The Hall–Kier alpha value is -3.41. The minimum Gasteiger partial charge on any atom is -0.333 e. The molecule has 0 aliphatic rings. The Kier molecular flexibility index (Phi) is 7.23. The van der Waals surface area contributed by atoms with Gasteiger partial charge in [0.2, 0.25) is 17.8 Å². The van der Waals surface area contributed by atoms with Crippen LogP contribution in [0.3, 0.4) is 0 Å². The lowest BCUT2D eigenvalue weighted by Gasteiger charge is -2.23. The highest BCUT2D eigenvalue weighted by atomic mass is 16.2. The molecule has 0 radical (unpaired) electrons. The van der Waals surface area contributed by atoms with Gasteiger partial charge >= 0.3 is 0 Å². The number of nitrogens with zero attached hydrogens (tertiary/aromatic N) is 3. The van der Waals surface area contributed by atoms with E-state index in [0.29, 0.717) is 18.9 Å². The van der Waals surface area contributed by atoms with Crippen LogP contribution in [0.4, 0.5) is 5.95 Å². The number of anilines is 1. The molecule has 0 saturated heterocycles. The molecule has 0 unspecified atom stereocenters. The van der Waals surface area contributed by atoms with Crippen molar-refractivity contribution in [2.24, 2.45) is 5.92 Å². The van der Waals surface area contributed by atoms with Crippen molar-refractivity contribution in [3.05, 3.63) is 66.4 Å². The molecule has 3 aromatic rings. The third-order valence-electron chi connectivity index (χ3n) is 4.91. The number of amides is 2. The fourth-order valence-electron chi connectivity index (χ4n) is 3.38. The normalized spacial score (nSPS) is 10.9. The first-order valence-corrected chi connectivity index (χ1v) is 10.7. The van der Waals surface area contributed by atoms with Gasteiger partial charge in [-0.2, -0.15) is 0 Å². The molecule has 0 aliphatic heterocycles. The Morgan fingerprint density at radius 3 is 2.35 bits per heavy atom. The summed E-state index contributed by atoms with van der Waals surface area (Å²) in [5.74, 6) is 0.417. The van der Waals surface area contributed by atoms with Crippen molar-refractivity contribution < 1.29 is 9.59 Å². The monoisotopic (exact) mass is 418 g/mol. The molecule has 6 nitrogen and oxygen atoms in total. The van der Waals surface area contributed by atoms with Crippen LogP contribution < -0.4 is 5.32 Å². The lowest BCUT2D eigenvalue weighted by molar-refractivity contribution is -0.134. The first-order chi connectivity index (χ1) is 14.9. The van der Waals surface area contributed by atoms with Crippen LogP contribution in [0.15, 0.2) is 60.8 Å². The van der Waals surface area contributed by atoms with Crippen molar-refractivity contribution in [2.75, 3.05) is 18.4 Å². The smallest absolute Gasteiger partial charge is 0.246 e. The number of hydrogen-bond donors (Lipinski definition) is 1. The van der Waals surface area contributed by atoms with E-state index >= 15 is 0 Å². The average molecular weight is 419 g/mol. The number of nitrogens with one attached hydrogen (secondary N) is 1. The minimum atomic E-state index is -0.263. The Labute approximate surface area is 183 Å². The zero-order valence-electron chi connectivity index (χ0n) is 18.6. The first-order valence-electron chi connectivity index (χ1n) is 10.7. The number of aryl methyl sites for hydroxylation is 1. The highest BCUT2D eigenvalue weighted by molar-refractivity contribution is 5.93. The van der Waals surface area contributed by atoms with E-state index in [-0.39, 0.29) is 24.3 Å². The Balaban J connectivity index is 1.89. The maximum absolute atomic E-state index is 12.8. The summed E-state index contributed by atoms with van der Waals surface area (Å²) in [5.41, 5.74) is 3.78. The van der Waals surface area contributed by atoms with Crippen LogP contribution in [0.25, 0.3) is 16.9 Å². The SMILES string of the molecule is CCC(=O)N(CC(=O)Nc1nc(-c2ccccc2)cn1-c1ccc(C)cc1)CC(C)C. The second-order valence-corrected chi connectivity index (χ2v) is 8.09. The summed E-state index contributed by atoms with van der Waals surface area (Å²) in [4.78, 5) is 31.4. The van der Waals surface area contributed by atoms with Crippen LogP contribution in [-0.2, 0) is 9.59 Å². The molecule has 0 spiro atoms. The molecule has 0 bridgehead atoms. The maximum atomic E-state index is 12.8. The van der Waals surface area contributed by atoms with Crippen LogP contribution in [0.1, 0.15) is 32.8 Å². The standard InChI is InChI=1S/C25H30N4O2/c1-5-24(31)28(15-18(2)3)17-23(30)27-25-26-22(20-9-7-6-8-10-20)16-29(25)21-13-11-19(4)12-14-21/h6-14,16,18H,5,15,17H2,1-4H3,(H,26,27,30). The number of imidazole rings is 1. The number of benzene rings is 2. The lowest BCUT2D eigenvalue weighted by Crippen LogP contribution is -2.40. The fraction of sp³-hybridized carbons (Fsp3) is 0.320. The quantitative estimate of drug-likeness (QED) is 0.577. The van der Waals surface area contributed by atoms with E-state index in [1.54, 1.807) is 4.90 Å². The van der Waals surface area contributed by atoms with Crippen molar-refractivity contribution in [2.45, 2.75) is 34.1 Å². The van der Waals surface area contributed by atoms with Crippen molar-refractivity contribution in [1.82, 2.24) is 14.5 Å². The topological polar surface area (TPSA) is 67.2 Å². The van der Waals surface area contributed by atoms with Crippen LogP contribution >= 0.6 is 0 Å². The second-order valence-electron chi connectivity index (χ2n) is 8.09. The van der Waals surface area contributed by atoms with Gasteiger partial charge in [-0.1, -0.05) is 68.8 Å². The van der Waals surface area contributed by atoms with E-state index in [0.717, 1.165) is 22.5 Å². The van der Waals surface area contributed by atoms with E-state index in [1.165, 1.54) is 0 Å². The molecule has 0 saturated carbocycles. The highest BCUT2D eigenvalue weighted by Crippen LogP contribution is 2.24. The molecule has 3 rings (SSSR count). The van der Waals surface area contributed by atoms with Gasteiger partial charge in [0.15, 0.2) is 0 Å². The van der Waals surface area contributed by atoms with Crippen LogP contribution in [0.2, 0.25) is 0 Å². The van der Waals surface area contributed by atoms with Gasteiger partial charge in [-0.3, -0.25) is 19.5 Å². The van der Waals surface area contributed by atoms with Crippen molar-refractivity contribution in [3.8, 4) is 16.9 Å². The molecular weight excluding hydrogens is 388 g/mol. The molecule has 2 aromatic carbocycles. The Morgan fingerprint density at radius 1 is 1.06 bits per heavy atom. The number of rotatable bonds is 8. The number of carbonyl (C=O) groups is 2. The molecule has 0 fully saturated rings. The van der Waals surface area contributed by atoms with Crippen molar-refractivity contribution in [1.29, 1.82) is 0 Å². The predicted molar refractivity (Wildman–Crippen MR) is 124 cm³/mol. The number of carbonyl (C=O) groups excluding carboxylic acids is 2. The molecule has 1 aromatic heterocycles. The maximum Gasteiger partial charge on any atom is 0.246 e. The summed E-state index contributed by atoms with van der Waals surface area (Å²) in [6.07, 6.45) is 2.29. The highest BCUT2D eigenvalue weighted by Gasteiger charge is 2.19. The molecule has 1 N–H and O–H groups in total. The third kappa shape index (κ3) is 5.81.